The Labute approximate surface area is 144 Å². The molecular weight excluding hydrogens is 296 g/mol. The van der Waals surface area contributed by atoms with Crippen molar-refractivity contribution in [3.63, 3.8) is 0 Å². The summed E-state index contributed by atoms with van der Waals surface area (Å²) < 4.78 is 0. The third-order valence-electron chi connectivity index (χ3n) is 5.24. The van der Waals surface area contributed by atoms with Crippen LogP contribution in [0.5, 0.6) is 0 Å². The Kier molecular flexibility index (Phi) is 5.29. The van der Waals surface area contributed by atoms with Gasteiger partial charge in [-0.05, 0) is 37.0 Å². The highest BCUT2D eigenvalue weighted by Gasteiger charge is 2.39. The summed E-state index contributed by atoms with van der Waals surface area (Å²) in [6, 6.07) is 16.4. The van der Waals surface area contributed by atoms with Crippen LogP contribution in [0.3, 0.4) is 0 Å². The van der Waals surface area contributed by atoms with Gasteiger partial charge in [-0.15, -0.1) is 0 Å². The predicted octanol–water partition coefficient (Wildman–Crippen LogP) is 4.20. The van der Waals surface area contributed by atoms with Crippen molar-refractivity contribution in [1.82, 2.24) is 10.3 Å². The van der Waals surface area contributed by atoms with Gasteiger partial charge in [0.2, 0.25) is 5.91 Å². The Bertz CT molecular complexity index is 650. The predicted molar refractivity (Wildman–Crippen MR) is 96.9 cm³/mol. The number of pyridine rings is 1. The van der Waals surface area contributed by atoms with Crippen LogP contribution >= 0.6 is 0 Å². The molecule has 1 N–H and O–H groups in total. The lowest BCUT2D eigenvalue weighted by Crippen LogP contribution is -2.46. The molecule has 1 aliphatic rings. The summed E-state index contributed by atoms with van der Waals surface area (Å²) in [6.07, 6.45) is 7.12. The maximum Gasteiger partial charge on any atom is 0.229 e. The summed E-state index contributed by atoms with van der Waals surface area (Å²) in [5, 5.41) is 3.23. The van der Waals surface area contributed by atoms with Crippen molar-refractivity contribution >= 4 is 5.91 Å². The Morgan fingerprint density at radius 3 is 2.50 bits per heavy atom. The van der Waals surface area contributed by atoms with Gasteiger partial charge in [0.1, 0.15) is 0 Å². The topological polar surface area (TPSA) is 42.0 Å². The van der Waals surface area contributed by atoms with E-state index in [0.717, 1.165) is 37.9 Å². The fraction of sp³-hybridized carbons (Fsp3) is 0.429. The van der Waals surface area contributed by atoms with Crippen LogP contribution in [0.25, 0.3) is 0 Å². The highest BCUT2D eigenvalue weighted by Crippen LogP contribution is 2.43. The van der Waals surface area contributed by atoms with E-state index in [2.05, 4.69) is 41.5 Å². The zero-order valence-corrected chi connectivity index (χ0v) is 14.4. The Hall–Kier alpha value is -2.16. The minimum atomic E-state index is -0.149. The second-order valence-electron chi connectivity index (χ2n) is 6.81. The van der Waals surface area contributed by atoms with E-state index >= 15 is 0 Å². The second kappa shape index (κ2) is 7.61. The molecule has 1 atom stereocenters. The first-order valence-corrected chi connectivity index (χ1v) is 8.99. The lowest BCUT2D eigenvalue weighted by molar-refractivity contribution is -0.123. The molecule has 1 saturated carbocycles. The number of hydrogen-bond acceptors (Lipinski definition) is 2. The van der Waals surface area contributed by atoms with Crippen molar-refractivity contribution in [2.45, 2.75) is 50.4 Å². The normalized spacial score (nSPS) is 16.9. The van der Waals surface area contributed by atoms with Crippen molar-refractivity contribution in [3.8, 4) is 0 Å². The Morgan fingerprint density at radius 2 is 1.92 bits per heavy atom. The molecule has 0 radical (unpaired) electrons. The molecule has 0 unspecified atom stereocenters. The third kappa shape index (κ3) is 3.50. The van der Waals surface area contributed by atoms with Crippen LogP contribution in [-0.2, 0) is 10.2 Å². The number of aromatic nitrogens is 1. The highest BCUT2D eigenvalue weighted by atomic mass is 16.1. The molecule has 1 aromatic heterocycles. The van der Waals surface area contributed by atoms with E-state index in [1.54, 1.807) is 6.20 Å². The summed E-state index contributed by atoms with van der Waals surface area (Å²) in [7, 11) is 0. The van der Waals surface area contributed by atoms with E-state index in [-0.39, 0.29) is 17.2 Å². The third-order valence-corrected chi connectivity index (χ3v) is 5.24. The molecule has 0 bridgehead atoms. The highest BCUT2D eigenvalue weighted by molar-refractivity contribution is 5.83. The molecule has 0 spiro atoms. The van der Waals surface area contributed by atoms with Gasteiger partial charge >= 0.3 is 0 Å². The van der Waals surface area contributed by atoms with Gasteiger partial charge in [0.05, 0.1) is 11.6 Å². The van der Waals surface area contributed by atoms with Gasteiger partial charge in [0.15, 0.2) is 0 Å². The van der Waals surface area contributed by atoms with Gasteiger partial charge in [-0.25, -0.2) is 0 Å². The van der Waals surface area contributed by atoms with Crippen LogP contribution < -0.4 is 5.32 Å². The first-order chi connectivity index (χ1) is 11.7. The average Bonchev–Trinajstić information content (AvgIpc) is 2.60. The standard InChI is InChI=1S/C21H26N2O/c1-2-9-18(19-12-6-7-15-22-19)20(24)23-16-21(13-8-14-21)17-10-4-3-5-11-17/h3-7,10-12,15,18H,2,8-9,13-14,16H2,1H3,(H,23,24)/t18-/m0/s1. The lowest BCUT2D eigenvalue weighted by Gasteiger charge is -2.43. The number of nitrogens with zero attached hydrogens (tertiary/aromatic N) is 1. The summed E-state index contributed by atoms with van der Waals surface area (Å²) in [5.41, 5.74) is 2.35. The van der Waals surface area contributed by atoms with Crippen LogP contribution in [0.2, 0.25) is 0 Å². The molecule has 1 amide bonds. The quantitative estimate of drug-likeness (QED) is 0.830. The van der Waals surface area contributed by atoms with Crippen molar-refractivity contribution in [1.29, 1.82) is 0 Å². The van der Waals surface area contributed by atoms with Gasteiger partial charge in [0.25, 0.3) is 0 Å². The molecule has 3 heteroatoms. The number of nitrogens with one attached hydrogen (secondary N) is 1. The minimum Gasteiger partial charge on any atom is -0.355 e. The fourth-order valence-electron chi connectivity index (χ4n) is 3.63. The van der Waals surface area contributed by atoms with Crippen LogP contribution in [0, 0.1) is 0 Å². The van der Waals surface area contributed by atoms with Gasteiger partial charge in [-0.2, -0.15) is 0 Å². The number of rotatable bonds is 7. The van der Waals surface area contributed by atoms with Crippen molar-refractivity contribution in [2.24, 2.45) is 0 Å². The number of carbonyl (C=O) groups is 1. The largest absolute Gasteiger partial charge is 0.355 e. The van der Waals surface area contributed by atoms with E-state index < -0.39 is 0 Å². The molecule has 3 nitrogen and oxygen atoms in total. The van der Waals surface area contributed by atoms with Crippen LogP contribution in [0.4, 0.5) is 0 Å². The van der Waals surface area contributed by atoms with Crippen LogP contribution in [0.1, 0.15) is 56.2 Å². The smallest absolute Gasteiger partial charge is 0.229 e. The number of hydrogen-bond donors (Lipinski definition) is 1. The van der Waals surface area contributed by atoms with E-state index in [1.807, 2.05) is 24.3 Å². The minimum absolute atomic E-state index is 0.109. The molecule has 1 aromatic carbocycles. The van der Waals surface area contributed by atoms with E-state index in [4.69, 9.17) is 0 Å². The van der Waals surface area contributed by atoms with Crippen LogP contribution in [0.15, 0.2) is 54.7 Å². The molecule has 0 saturated heterocycles. The van der Waals surface area contributed by atoms with Crippen molar-refractivity contribution < 1.29 is 4.79 Å². The number of amides is 1. The summed E-state index contributed by atoms with van der Waals surface area (Å²) in [5.74, 6) is -0.0399. The summed E-state index contributed by atoms with van der Waals surface area (Å²) >= 11 is 0. The summed E-state index contributed by atoms with van der Waals surface area (Å²) in [6.45, 7) is 2.84. The monoisotopic (exact) mass is 322 g/mol. The lowest BCUT2D eigenvalue weighted by atomic mass is 9.64. The van der Waals surface area contributed by atoms with Crippen LogP contribution in [-0.4, -0.2) is 17.4 Å². The molecular formula is C21H26N2O. The van der Waals surface area contributed by atoms with E-state index in [1.165, 1.54) is 12.0 Å². The van der Waals surface area contributed by atoms with Crippen molar-refractivity contribution in [2.75, 3.05) is 6.54 Å². The molecule has 0 aliphatic heterocycles. The van der Waals surface area contributed by atoms with Gasteiger partial charge in [-0.3, -0.25) is 9.78 Å². The van der Waals surface area contributed by atoms with E-state index in [9.17, 15) is 4.79 Å². The van der Waals surface area contributed by atoms with Gasteiger partial charge in [0, 0.05) is 18.2 Å². The zero-order chi connectivity index (χ0) is 16.8. The molecule has 24 heavy (non-hydrogen) atoms. The number of benzene rings is 1. The Balaban J connectivity index is 1.69. The first-order valence-electron chi connectivity index (χ1n) is 8.99. The second-order valence-corrected chi connectivity index (χ2v) is 6.81. The van der Waals surface area contributed by atoms with Crippen molar-refractivity contribution in [3.05, 3.63) is 66.0 Å². The molecule has 1 aliphatic carbocycles. The zero-order valence-electron chi connectivity index (χ0n) is 14.4. The van der Waals surface area contributed by atoms with Gasteiger partial charge in [-0.1, -0.05) is 56.2 Å². The average molecular weight is 322 g/mol. The molecule has 2 aromatic rings. The molecule has 126 valence electrons. The molecule has 1 heterocycles. The Morgan fingerprint density at radius 1 is 1.17 bits per heavy atom. The number of carbonyl (C=O) groups excluding carboxylic acids is 1. The SMILES string of the molecule is CCC[C@H](C(=O)NCC1(c2ccccc2)CCC1)c1ccccn1. The van der Waals surface area contributed by atoms with Gasteiger partial charge < -0.3 is 5.32 Å². The summed E-state index contributed by atoms with van der Waals surface area (Å²) in [4.78, 5) is 17.2. The maximum absolute atomic E-state index is 12.8. The molecule has 3 rings (SSSR count). The maximum atomic E-state index is 12.8. The first kappa shape index (κ1) is 16.7. The fourth-order valence-corrected chi connectivity index (χ4v) is 3.63. The van der Waals surface area contributed by atoms with E-state index in [0.29, 0.717) is 0 Å². The molecule has 1 fully saturated rings.